The van der Waals surface area contributed by atoms with Crippen LogP contribution in [0, 0.1) is 0 Å². The molecule has 2 aromatic rings. The van der Waals surface area contributed by atoms with Crippen LogP contribution in [0.2, 0.25) is 0 Å². The predicted octanol–water partition coefficient (Wildman–Crippen LogP) is 2.95. The van der Waals surface area contributed by atoms with Crippen molar-refractivity contribution in [1.82, 2.24) is 5.43 Å². The van der Waals surface area contributed by atoms with Gasteiger partial charge >= 0.3 is 0 Å². The minimum atomic E-state index is -0.242. The number of nitrogens with zero attached hydrogens (tertiary/aromatic N) is 1. The molecule has 0 aliphatic carbocycles. The van der Waals surface area contributed by atoms with Gasteiger partial charge in [-0.15, -0.1) is 0 Å². The molecule has 0 saturated carbocycles. The lowest BCUT2D eigenvalue weighted by Crippen LogP contribution is -2.29. The van der Waals surface area contributed by atoms with Crippen molar-refractivity contribution in [2.24, 2.45) is 5.10 Å². The van der Waals surface area contributed by atoms with E-state index in [0.29, 0.717) is 0 Å². The average molecular weight is 268 g/mol. The molecule has 1 aliphatic rings. The molecule has 0 radical (unpaired) electrons. The van der Waals surface area contributed by atoms with Gasteiger partial charge in [0.05, 0.1) is 0 Å². The van der Waals surface area contributed by atoms with E-state index in [9.17, 15) is 4.79 Å². The summed E-state index contributed by atoms with van der Waals surface area (Å²) in [5.74, 6) is -0.0733. The van der Waals surface area contributed by atoms with Crippen LogP contribution in [0.25, 0.3) is 0 Å². The molecule has 1 aliphatic heterocycles. The number of nitrogens with one attached hydrogen (secondary N) is 1. The molecule has 0 aromatic heterocycles. The van der Waals surface area contributed by atoms with Crippen molar-refractivity contribution in [1.29, 1.82) is 0 Å². The van der Waals surface area contributed by atoms with Gasteiger partial charge in [-0.1, -0.05) is 72.4 Å². The molecule has 94 valence electrons. The van der Waals surface area contributed by atoms with Crippen molar-refractivity contribution >= 4 is 22.7 Å². The summed E-state index contributed by atoms with van der Waals surface area (Å²) < 4.78 is 0. The third-order valence-corrected chi connectivity index (χ3v) is 4.13. The highest BCUT2D eigenvalue weighted by atomic mass is 32.2. The van der Waals surface area contributed by atoms with E-state index in [2.05, 4.69) is 10.5 Å². The summed E-state index contributed by atoms with van der Waals surface area (Å²) in [7, 11) is 0. The van der Waals surface area contributed by atoms with E-state index in [0.717, 1.165) is 16.2 Å². The van der Waals surface area contributed by atoms with Gasteiger partial charge in [0.25, 0.3) is 5.91 Å². The maximum Gasteiger partial charge on any atom is 0.258 e. The van der Waals surface area contributed by atoms with E-state index in [-0.39, 0.29) is 11.2 Å². The lowest BCUT2D eigenvalue weighted by Gasteiger charge is -2.21. The fourth-order valence-electron chi connectivity index (χ4n) is 1.92. The van der Waals surface area contributed by atoms with Gasteiger partial charge in [-0.25, -0.2) is 5.43 Å². The first-order valence-corrected chi connectivity index (χ1v) is 6.87. The number of thioether (sulfide) groups is 1. The normalized spacial score (nSPS) is 18.6. The number of benzene rings is 2. The molecule has 3 rings (SSSR count). The quantitative estimate of drug-likeness (QED) is 0.909. The predicted molar refractivity (Wildman–Crippen MR) is 77.9 cm³/mol. The van der Waals surface area contributed by atoms with E-state index in [4.69, 9.17) is 0 Å². The Bertz CT molecular complexity index is 611. The summed E-state index contributed by atoms with van der Waals surface area (Å²) >= 11 is 1.48. The first-order valence-electron chi connectivity index (χ1n) is 5.99. The average Bonchev–Trinajstić information content (AvgIpc) is 2.49. The topological polar surface area (TPSA) is 41.5 Å². The molecule has 0 bridgehead atoms. The number of amides is 1. The highest BCUT2D eigenvalue weighted by molar-refractivity contribution is 8.15. The van der Waals surface area contributed by atoms with Crippen LogP contribution in [0.3, 0.4) is 0 Å². The van der Waals surface area contributed by atoms with E-state index in [1.54, 1.807) is 0 Å². The first kappa shape index (κ1) is 12.0. The van der Waals surface area contributed by atoms with Gasteiger partial charge in [0.1, 0.15) is 10.3 Å². The summed E-state index contributed by atoms with van der Waals surface area (Å²) in [6.45, 7) is 0. The van der Waals surface area contributed by atoms with Crippen molar-refractivity contribution in [3.8, 4) is 0 Å². The smallest absolute Gasteiger partial charge is 0.258 e. The Morgan fingerprint density at radius 1 is 0.947 bits per heavy atom. The minimum Gasteiger partial charge on any atom is -0.271 e. The maximum absolute atomic E-state index is 11.9. The Labute approximate surface area is 115 Å². The number of rotatable bonds is 2. The van der Waals surface area contributed by atoms with Gasteiger partial charge < -0.3 is 0 Å². The summed E-state index contributed by atoms with van der Waals surface area (Å²) in [6.07, 6.45) is 0. The molecular formula is C15H12N2OS. The Balaban J connectivity index is 1.90. The fraction of sp³-hybridized carbons (Fsp3) is 0.0667. The van der Waals surface area contributed by atoms with Gasteiger partial charge in [-0.05, 0) is 5.56 Å². The van der Waals surface area contributed by atoms with Crippen LogP contribution < -0.4 is 5.43 Å². The Morgan fingerprint density at radius 2 is 1.58 bits per heavy atom. The minimum absolute atomic E-state index is 0.0733. The second-order valence-electron chi connectivity index (χ2n) is 4.17. The van der Waals surface area contributed by atoms with Crippen LogP contribution in [0.4, 0.5) is 0 Å². The maximum atomic E-state index is 11.9. The summed E-state index contributed by atoms with van der Waals surface area (Å²) in [5.41, 5.74) is 4.62. The lowest BCUT2D eigenvalue weighted by atomic mass is 10.1. The molecule has 1 atom stereocenters. The van der Waals surface area contributed by atoms with Gasteiger partial charge in [0, 0.05) is 5.56 Å². The molecule has 0 saturated heterocycles. The Morgan fingerprint density at radius 3 is 2.26 bits per heavy atom. The molecular weight excluding hydrogens is 256 g/mol. The third-order valence-electron chi connectivity index (χ3n) is 2.86. The number of hydrogen-bond donors (Lipinski definition) is 1. The van der Waals surface area contributed by atoms with Crippen LogP contribution in [0.15, 0.2) is 65.8 Å². The Kier molecular flexibility index (Phi) is 3.33. The largest absolute Gasteiger partial charge is 0.271 e. The van der Waals surface area contributed by atoms with Gasteiger partial charge in [-0.3, -0.25) is 4.79 Å². The highest BCUT2D eigenvalue weighted by Gasteiger charge is 2.27. The number of hydrogen-bond acceptors (Lipinski definition) is 3. The van der Waals surface area contributed by atoms with Crippen LogP contribution >= 0.6 is 11.8 Å². The molecule has 1 N–H and O–H groups in total. The van der Waals surface area contributed by atoms with Crippen molar-refractivity contribution in [3.63, 3.8) is 0 Å². The fourth-order valence-corrected chi connectivity index (χ4v) is 2.96. The lowest BCUT2D eigenvalue weighted by molar-refractivity contribution is -0.120. The van der Waals surface area contributed by atoms with Crippen LogP contribution in [-0.2, 0) is 4.79 Å². The van der Waals surface area contributed by atoms with E-state index in [1.807, 2.05) is 60.7 Å². The van der Waals surface area contributed by atoms with Crippen molar-refractivity contribution < 1.29 is 4.79 Å². The standard InChI is InChI=1S/C15H12N2OS/c18-14-13(11-7-3-1-4-8-11)19-15(17-16-14)12-9-5-2-6-10-12/h1-10,13H,(H,16,18). The second kappa shape index (κ2) is 5.28. The van der Waals surface area contributed by atoms with E-state index >= 15 is 0 Å². The first-order chi connectivity index (χ1) is 9.34. The van der Waals surface area contributed by atoms with Crippen LogP contribution in [-0.4, -0.2) is 11.0 Å². The van der Waals surface area contributed by atoms with Gasteiger partial charge in [0.2, 0.25) is 0 Å². The van der Waals surface area contributed by atoms with E-state index in [1.165, 1.54) is 11.8 Å². The summed E-state index contributed by atoms with van der Waals surface area (Å²) in [5, 5.41) is 4.74. The molecule has 0 fully saturated rings. The molecule has 1 unspecified atom stereocenters. The molecule has 1 amide bonds. The van der Waals surface area contributed by atoms with Crippen molar-refractivity contribution in [2.45, 2.75) is 5.25 Å². The monoisotopic (exact) mass is 268 g/mol. The number of carbonyl (C=O) groups is 1. The zero-order chi connectivity index (χ0) is 13.1. The second-order valence-corrected chi connectivity index (χ2v) is 5.26. The molecule has 3 nitrogen and oxygen atoms in total. The molecule has 2 aromatic carbocycles. The SMILES string of the molecule is O=C1NN=C(c2ccccc2)SC1c1ccccc1. The third kappa shape index (κ3) is 2.53. The zero-order valence-electron chi connectivity index (χ0n) is 10.1. The van der Waals surface area contributed by atoms with Gasteiger partial charge in [-0.2, -0.15) is 5.10 Å². The van der Waals surface area contributed by atoms with Crippen LogP contribution in [0.5, 0.6) is 0 Å². The molecule has 0 spiro atoms. The Hall–Kier alpha value is -2.07. The molecule has 1 heterocycles. The van der Waals surface area contributed by atoms with Crippen molar-refractivity contribution in [3.05, 3.63) is 71.8 Å². The summed E-state index contributed by atoms with van der Waals surface area (Å²) in [6, 6.07) is 19.6. The zero-order valence-corrected chi connectivity index (χ0v) is 10.9. The van der Waals surface area contributed by atoms with Crippen molar-refractivity contribution in [2.75, 3.05) is 0 Å². The van der Waals surface area contributed by atoms with E-state index < -0.39 is 0 Å². The molecule has 4 heteroatoms. The molecule has 19 heavy (non-hydrogen) atoms. The van der Waals surface area contributed by atoms with Gasteiger partial charge in [0.15, 0.2) is 0 Å². The summed E-state index contributed by atoms with van der Waals surface area (Å²) in [4.78, 5) is 11.9. The number of carbonyl (C=O) groups excluding carboxylic acids is 1. The van der Waals surface area contributed by atoms with Crippen LogP contribution in [0.1, 0.15) is 16.4 Å². The highest BCUT2D eigenvalue weighted by Crippen LogP contribution is 2.34. The number of hydrazone groups is 1.